The number of nitrogens with two attached hydrogens (primary N) is 1. The number of rotatable bonds is 3. The third-order valence-electron chi connectivity index (χ3n) is 1.22. The van der Waals surface area contributed by atoms with Crippen LogP contribution in [0.2, 0.25) is 0 Å². The van der Waals surface area contributed by atoms with Gasteiger partial charge in [0.25, 0.3) is 0 Å². The van der Waals surface area contributed by atoms with E-state index in [4.69, 9.17) is 27.5 Å². The Labute approximate surface area is 78.8 Å². The van der Waals surface area contributed by atoms with Crippen molar-refractivity contribution in [2.24, 2.45) is 5.73 Å². The Morgan fingerprint density at radius 1 is 1.42 bits per heavy atom. The second kappa shape index (κ2) is 9.00. The number of hydrogen-bond acceptors (Lipinski definition) is 3. The highest BCUT2D eigenvalue weighted by atomic mass is 35.5. The molecule has 0 bridgehead atoms. The second-order valence-electron chi connectivity index (χ2n) is 2.50. The molecule has 0 aliphatic carbocycles. The van der Waals surface area contributed by atoms with Crippen LogP contribution in [0.1, 0.15) is 13.8 Å². The Morgan fingerprint density at radius 3 is 1.67 bits per heavy atom. The van der Waals surface area contributed by atoms with Crippen molar-refractivity contribution in [1.29, 1.82) is 0 Å². The molecule has 0 fully saturated rings. The SMILES string of the molecule is C=CCCl.CC(O)C(N)C(C)O. The molecule has 0 aliphatic rings. The largest absolute Gasteiger partial charge is 0.392 e. The van der Waals surface area contributed by atoms with Crippen LogP contribution in [0.4, 0.5) is 0 Å². The van der Waals surface area contributed by atoms with Gasteiger partial charge in [0.15, 0.2) is 0 Å². The van der Waals surface area contributed by atoms with Gasteiger partial charge in [0.1, 0.15) is 0 Å². The van der Waals surface area contributed by atoms with E-state index >= 15 is 0 Å². The molecule has 3 nitrogen and oxygen atoms in total. The number of halogens is 1. The molecule has 12 heavy (non-hydrogen) atoms. The standard InChI is InChI=1S/C5H13NO2.C3H5Cl/c1-3(7)5(6)4(2)8;1-2-3-4/h3-5,7-8H,6H2,1-2H3;2H,1,3H2. The van der Waals surface area contributed by atoms with Crippen LogP contribution in [-0.2, 0) is 0 Å². The van der Waals surface area contributed by atoms with Crippen LogP contribution in [0.25, 0.3) is 0 Å². The lowest BCUT2D eigenvalue weighted by atomic mass is 10.1. The zero-order valence-corrected chi connectivity index (χ0v) is 8.33. The van der Waals surface area contributed by atoms with Crippen LogP contribution >= 0.6 is 11.6 Å². The van der Waals surface area contributed by atoms with E-state index in [-0.39, 0.29) is 0 Å². The Morgan fingerprint density at radius 2 is 1.67 bits per heavy atom. The molecular formula is C8H18ClNO2. The summed E-state index contributed by atoms with van der Waals surface area (Å²) in [6.07, 6.45) is 0.381. The van der Waals surface area contributed by atoms with Crippen LogP contribution in [0.3, 0.4) is 0 Å². The van der Waals surface area contributed by atoms with Crippen molar-refractivity contribution >= 4 is 11.6 Å². The van der Waals surface area contributed by atoms with E-state index in [1.807, 2.05) is 0 Å². The monoisotopic (exact) mass is 195 g/mol. The van der Waals surface area contributed by atoms with Crippen molar-refractivity contribution in [1.82, 2.24) is 0 Å². The highest BCUT2D eigenvalue weighted by Gasteiger charge is 2.13. The van der Waals surface area contributed by atoms with Gasteiger partial charge in [-0.25, -0.2) is 0 Å². The Hall–Kier alpha value is -0.0900. The molecule has 0 aliphatic heterocycles. The molecule has 0 aromatic carbocycles. The summed E-state index contributed by atoms with van der Waals surface area (Å²) >= 11 is 5.07. The Kier molecular flexibility index (Phi) is 10.8. The Bertz CT molecular complexity index is 99.2. The lowest BCUT2D eigenvalue weighted by Crippen LogP contribution is -2.41. The molecule has 0 rings (SSSR count). The molecule has 0 radical (unpaired) electrons. The molecule has 0 saturated carbocycles. The quantitative estimate of drug-likeness (QED) is 0.454. The summed E-state index contributed by atoms with van der Waals surface area (Å²) in [5.74, 6) is 0.556. The first-order chi connectivity index (χ1) is 5.47. The fourth-order valence-corrected chi connectivity index (χ4v) is 0.403. The summed E-state index contributed by atoms with van der Waals surface area (Å²) in [7, 11) is 0. The molecule has 0 saturated heterocycles. The van der Waals surface area contributed by atoms with Crippen LogP contribution in [0.5, 0.6) is 0 Å². The zero-order valence-electron chi connectivity index (χ0n) is 7.57. The molecule has 74 valence electrons. The van der Waals surface area contributed by atoms with Gasteiger partial charge >= 0.3 is 0 Å². The molecule has 4 heteroatoms. The normalized spacial score (nSPS) is 16.8. The van der Waals surface area contributed by atoms with Gasteiger partial charge in [-0.2, -0.15) is 0 Å². The topological polar surface area (TPSA) is 66.5 Å². The van der Waals surface area contributed by atoms with Crippen molar-refractivity contribution in [3.63, 3.8) is 0 Å². The van der Waals surface area contributed by atoms with E-state index in [1.165, 1.54) is 0 Å². The van der Waals surface area contributed by atoms with Gasteiger partial charge in [0, 0.05) is 5.88 Å². The average molecular weight is 196 g/mol. The Balaban J connectivity index is 0. The van der Waals surface area contributed by atoms with E-state index in [2.05, 4.69) is 6.58 Å². The molecule has 0 aromatic rings. The second-order valence-corrected chi connectivity index (χ2v) is 2.81. The van der Waals surface area contributed by atoms with Crippen LogP contribution < -0.4 is 5.73 Å². The molecular weight excluding hydrogens is 178 g/mol. The maximum Gasteiger partial charge on any atom is 0.0688 e. The van der Waals surface area contributed by atoms with Gasteiger partial charge in [-0.15, -0.1) is 18.2 Å². The van der Waals surface area contributed by atoms with Crippen LogP contribution in [-0.4, -0.2) is 34.3 Å². The van der Waals surface area contributed by atoms with E-state index in [9.17, 15) is 0 Å². The lowest BCUT2D eigenvalue weighted by Gasteiger charge is -2.16. The van der Waals surface area contributed by atoms with Crippen molar-refractivity contribution in [2.75, 3.05) is 5.88 Å². The van der Waals surface area contributed by atoms with Crippen molar-refractivity contribution < 1.29 is 10.2 Å². The minimum Gasteiger partial charge on any atom is -0.392 e. The van der Waals surface area contributed by atoms with E-state index < -0.39 is 18.2 Å². The number of aliphatic hydroxyl groups excluding tert-OH is 2. The number of allylic oxidation sites excluding steroid dienone is 1. The van der Waals surface area contributed by atoms with Crippen LogP contribution in [0.15, 0.2) is 12.7 Å². The molecule has 2 atom stereocenters. The fourth-order valence-electron chi connectivity index (χ4n) is 0.403. The summed E-state index contributed by atoms with van der Waals surface area (Å²) < 4.78 is 0. The molecule has 0 spiro atoms. The third kappa shape index (κ3) is 9.91. The predicted octanol–water partition coefficient (Wildman–Crippen LogP) is 0.487. The van der Waals surface area contributed by atoms with Crippen molar-refractivity contribution in [2.45, 2.75) is 32.1 Å². The molecule has 2 unspecified atom stereocenters. The fraction of sp³-hybridized carbons (Fsp3) is 0.750. The summed E-state index contributed by atoms with van der Waals surface area (Å²) in [5, 5.41) is 17.4. The first-order valence-electron chi connectivity index (χ1n) is 3.75. The third-order valence-corrected chi connectivity index (χ3v) is 1.44. The molecule has 0 heterocycles. The van der Waals surface area contributed by atoms with Crippen molar-refractivity contribution in [3.8, 4) is 0 Å². The number of hydrogen-bond donors (Lipinski definition) is 3. The first kappa shape index (κ1) is 14.4. The number of alkyl halides is 1. The van der Waals surface area contributed by atoms with Crippen molar-refractivity contribution in [3.05, 3.63) is 12.7 Å². The average Bonchev–Trinajstić information content (AvgIpc) is 2.03. The molecule has 0 amide bonds. The lowest BCUT2D eigenvalue weighted by molar-refractivity contribution is 0.0759. The summed E-state index contributed by atoms with van der Waals surface area (Å²) in [6, 6.07) is -0.519. The smallest absolute Gasteiger partial charge is 0.0688 e. The van der Waals surface area contributed by atoms with Gasteiger partial charge in [-0.3, -0.25) is 0 Å². The molecule has 0 aromatic heterocycles. The zero-order chi connectivity index (χ0) is 10.1. The highest BCUT2D eigenvalue weighted by molar-refractivity contribution is 6.18. The first-order valence-corrected chi connectivity index (χ1v) is 4.29. The van der Waals surface area contributed by atoms with E-state index in [1.54, 1.807) is 19.9 Å². The maximum absolute atomic E-state index is 8.71. The summed E-state index contributed by atoms with van der Waals surface area (Å²) in [5.41, 5.74) is 5.26. The predicted molar refractivity (Wildman–Crippen MR) is 52.3 cm³/mol. The van der Waals surface area contributed by atoms with Crippen LogP contribution in [0, 0.1) is 0 Å². The minimum atomic E-state index is -0.630. The minimum absolute atomic E-state index is 0.519. The van der Waals surface area contributed by atoms with E-state index in [0.717, 1.165) is 0 Å². The highest BCUT2D eigenvalue weighted by Crippen LogP contribution is 1.93. The van der Waals surface area contributed by atoms with E-state index in [0.29, 0.717) is 5.88 Å². The van der Waals surface area contributed by atoms with Gasteiger partial charge in [-0.1, -0.05) is 6.08 Å². The number of aliphatic hydroxyl groups is 2. The van der Waals surface area contributed by atoms with Gasteiger partial charge in [0.05, 0.1) is 18.2 Å². The summed E-state index contributed by atoms with van der Waals surface area (Å²) in [4.78, 5) is 0. The summed E-state index contributed by atoms with van der Waals surface area (Å²) in [6.45, 7) is 6.45. The maximum atomic E-state index is 8.71. The van der Waals surface area contributed by atoms with Gasteiger partial charge in [-0.05, 0) is 13.8 Å². The van der Waals surface area contributed by atoms with Gasteiger partial charge in [0.2, 0.25) is 0 Å². The molecule has 4 N–H and O–H groups in total. The van der Waals surface area contributed by atoms with Gasteiger partial charge < -0.3 is 15.9 Å².